The molecule has 0 atom stereocenters. The summed E-state index contributed by atoms with van der Waals surface area (Å²) in [5, 5.41) is 0. The van der Waals surface area contributed by atoms with Gasteiger partial charge in [-0.2, -0.15) is 0 Å². The molecule has 2 aromatic rings. The van der Waals surface area contributed by atoms with E-state index < -0.39 is 0 Å². The van der Waals surface area contributed by atoms with Crippen LogP contribution in [0.15, 0.2) is 34.7 Å². The van der Waals surface area contributed by atoms with Crippen LogP contribution in [0.25, 0.3) is 0 Å². The lowest BCUT2D eigenvalue weighted by Gasteiger charge is -2.39. The van der Waals surface area contributed by atoms with Crippen LogP contribution in [0.4, 0.5) is 0 Å². The van der Waals surface area contributed by atoms with E-state index in [1.54, 1.807) is 14.2 Å². The van der Waals surface area contributed by atoms with Gasteiger partial charge >= 0.3 is 0 Å². The summed E-state index contributed by atoms with van der Waals surface area (Å²) in [5.74, 6) is 3.16. The van der Waals surface area contributed by atoms with Gasteiger partial charge in [0.25, 0.3) is 0 Å². The van der Waals surface area contributed by atoms with Crippen LogP contribution in [0.1, 0.15) is 68.5 Å². The smallest absolute Gasteiger partial charge is 0.242 e. The van der Waals surface area contributed by atoms with Crippen LogP contribution in [0.3, 0.4) is 0 Å². The molecule has 4 rings (SSSR count). The second kappa shape index (κ2) is 12.3. The molecule has 196 valence electrons. The standard InChI is InChI=1S/C29H40N2O5/c1-21-12-14-25(36-21)19-30(17-16-22-13-15-26(34-2)27(18-22)35-3)28(32)20-31(24-10-5-4-6-11-24)29(33)23-8-7-9-23/h12-15,18,23-24H,4-11,16-17,19-20H2,1-3H3. The highest BCUT2D eigenvalue weighted by Crippen LogP contribution is 2.32. The fraction of sp³-hybridized carbons (Fsp3) is 0.586. The zero-order valence-corrected chi connectivity index (χ0v) is 22.0. The molecular formula is C29H40N2O5. The Labute approximate surface area is 214 Å². The van der Waals surface area contributed by atoms with Crippen molar-refractivity contribution in [1.82, 2.24) is 9.80 Å². The summed E-state index contributed by atoms with van der Waals surface area (Å²) in [6.45, 7) is 2.95. The molecule has 2 amide bonds. The van der Waals surface area contributed by atoms with Crippen molar-refractivity contribution in [2.45, 2.75) is 77.3 Å². The number of rotatable bonds is 11. The van der Waals surface area contributed by atoms with Crippen molar-refractivity contribution >= 4 is 11.8 Å². The summed E-state index contributed by atoms with van der Waals surface area (Å²) in [6, 6.07) is 9.85. The molecule has 1 aromatic heterocycles. The second-order valence-corrected chi connectivity index (χ2v) is 10.2. The van der Waals surface area contributed by atoms with E-state index in [1.807, 2.05) is 47.1 Å². The number of hydrogen-bond donors (Lipinski definition) is 0. The number of benzene rings is 1. The van der Waals surface area contributed by atoms with Crippen molar-refractivity contribution in [3.63, 3.8) is 0 Å². The minimum absolute atomic E-state index is 0.0252. The van der Waals surface area contributed by atoms with Gasteiger partial charge in [0, 0.05) is 18.5 Å². The normalized spacial score (nSPS) is 16.3. The van der Waals surface area contributed by atoms with Gasteiger partial charge < -0.3 is 23.7 Å². The molecule has 2 aliphatic carbocycles. The van der Waals surface area contributed by atoms with E-state index >= 15 is 0 Å². The van der Waals surface area contributed by atoms with Crippen LogP contribution in [-0.4, -0.2) is 55.0 Å². The van der Waals surface area contributed by atoms with E-state index in [4.69, 9.17) is 13.9 Å². The Bertz CT molecular complexity index is 1020. The number of hydrogen-bond acceptors (Lipinski definition) is 5. The molecule has 0 saturated heterocycles. The third-order valence-electron chi connectivity index (χ3n) is 7.67. The van der Waals surface area contributed by atoms with Crippen LogP contribution >= 0.6 is 0 Å². The summed E-state index contributed by atoms with van der Waals surface area (Å²) < 4.78 is 16.6. The third-order valence-corrected chi connectivity index (χ3v) is 7.67. The SMILES string of the molecule is COc1ccc(CCN(Cc2ccc(C)o2)C(=O)CN(C(=O)C2CCC2)C2CCCCC2)cc1OC. The number of furan rings is 1. The summed E-state index contributed by atoms with van der Waals surface area (Å²) in [4.78, 5) is 30.8. The van der Waals surface area contributed by atoms with E-state index in [2.05, 4.69) is 0 Å². The predicted molar refractivity (Wildman–Crippen MR) is 138 cm³/mol. The van der Waals surface area contributed by atoms with E-state index in [1.165, 1.54) is 6.42 Å². The van der Waals surface area contributed by atoms with Crippen LogP contribution in [-0.2, 0) is 22.6 Å². The molecule has 2 fully saturated rings. The Morgan fingerprint density at radius 3 is 2.31 bits per heavy atom. The predicted octanol–water partition coefficient (Wildman–Crippen LogP) is 5.14. The van der Waals surface area contributed by atoms with Crippen molar-refractivity contribution in [1.29, 1.82) is 0 Å². The van der Waals surface area contributed by atoms with Gasteiger partial charge in [0.1, 0.15) is 18.1 Å². The van der Waals surface area contributed by atoms with Gasteiger partial charge in [-0.15, -0.1) is 0 Å². The van der Waals surface area contributed by atoms with Gasteiger partial charge in [0.05, 0.1) is 20.8 Å². The number of amides is 2. The lowest BCUT2D eigenvalue weighted by atomic mass is 9.83. The zero-order chi connectivity index (χ0) is 25.5. The monoisotopic (exact) mass is 496 g/mol. The Balaban J connectivity index is 1.50. The maximum atomic E-state index is 13.7. The van der Waals surface area contributed by atoms with Crippen molar-refractivity contribution < 1.29 is 23.5 Å². The number of carbonyl (C=O) groups is 2. The summed E-state index contributed by atoms with van der Waals surface area (Å²) in [7, 11) is 3.24. The van der Waals surface area contributed by atoms with Crippen molar-refractivity contribution in [3.8, 4) is 11.5 Å². The Morgan fingerprint density at radius 2 is 1.69 bits per heavy atom. The molecule has 7 heteroatoms. The molecule has 2 aliphatic rings. The fourth-order valence-electron chi connectivity index (χ4n) is 5.27. The van der Waals surface area contributed by atoms with E-state index in [-0.39, 0.29) is 30.3 Å². The molecule has 0 spiro atoms. The largest absolute Gasteiger partial charge is 0.493 e. The molecule has 0 radical (unpaired) electrons. The molecule has 2 saturated carbocycles. The Hall–Kier alpha value is -2.96. The summed E-state index contributed by atoms with van der Waals surface area (Å²) in [6.07, 6.45) is 9.12. The van der Waals surface area contributed by atoms with Crippen molar-refractivity contribution in [2.24, 2.45) is 5.92 Å². The summed E-state index contributed by atoms with van der Waals surface area (Å²) >= 11 is 0. The minimum atomic E-state index is -0.0252. The van der Waals surface area contributed by atoms with Crippen LogP contribution in [0.2, 0.25) is 0 Å². The first-order chi connectivity index (χ1) is 17.5. The number of aryl methyl sites for hydroxylation is 1. The van der Waals surface area contributed by atoms with Gasteiger partial charge in [-0.05, 0) is 68.9 Å². The molecule has 0 aliphatic heterocycles. The lowest BCUT2D eigenvalue weighted by Crippen LogP contribution is -2.51. The first-order valence-corrected chi connectivity index (χ1v) is 13.3. The van der Waals surface area contributed by atoms with Crippen molar-refractivity contribution in [2.75, 3.05) is 27.3 Å². The molecule has 7 nitrogen and oxygen atoms in total. The van der Waals surface area contributed by atoms with Gasteiger partial charge in [-0.1, -0.05) is 31.7 Å². The molecule has 0 unspecified atom stereocenters. The van der Waals surface area contributed by atoms with Crippen LogP contribution < -0.4 is 9.47 Å². The number of ether oxygens (including phenoxy) is 2. The first-order valence-electron chi connectivity index (χ1n) is 13.3. The average molecular weight is 497 g/mol. The van der Waals surface area contributed by atoms with E-state index in [0.717, 1.165) is 62.0 Å². The highest BCUT2D eigenvalue weighted by molar-refractivity contribution is 5.86. The Morgan fingerprint density at radius 1 is 0.944 bits per heavy atom. The average Bonchev–Trinajstić information content (AvgIpc) is 3.28. The maximum Gasteiger partial charge on any atom is 0.242 e. The summed E-state index contributed by atoms with van der Waals surface area (Å²) in [5.41, 5.74) is 1.05. The van der Waals surface area contributed by atoms with Gasteiger partial charge in [0.2, 0.25) is 11.8 Å². The maximum absolute atomic E-state index is 13.7. The number of nitrogens with zero attached hydrogens (tertiary/aromatic N) is 2. The highest BCUT2D eigenvalue weighted by Gasteiger charge is 2.35. The first kappa shape index (κ1) is 26.1. The molecule has 1 heterocycles. The number of methoxy groups -OCH3 is 2. The van der Waals surface area contributed by atoms with Gasteiger partial charge in [-0.25, -0.2) is 0 Å². The quantitative estimate of drug-likeness (QED) is 0.431. The van der Waals surface area contributed by atoms with Crippen LogP contribution in [0.5, 0.6) is 11.5 Å². The zero-order valence-electron chi connectivity index (χ0n) is 22.0. The topological polar surface area (TPSA) is 72.2 Å². The lowest BCUT2D eigenvalue weighted by molar-refractivity contribution is -0.148. The fourth-order valence-corrected chi connectivity index (χ4v) is 5.27. The highest BCUT2D eigenvalue weighted by atomic mass is 16.5. The molecule has 0 bridgehead atoms. The van der Waals surface area contributed by atoms with Gasteiger partial charge in [0.15, 0.2) is 11.5 Å². The number of carbonyl (C=O) groups excluding carboxylic acids is 2. The molecule has 0 N–H and O–H groups in total. The molecule has 1 aromatic carbocycles. The van der Waals surface area contributed by atoms with E-state index in [0.29, 0.717) is 31.0 Å². The van der Waals surface area contributed by atoms with E-state index in [9.17, 15) is 9.59 Å². The van der Waals surface area contributed by atoms with Crippen molar-refractivity contribution in [3.05, 3.63) is 47.4 Å². The Kier molecular flexibility index (Phi) is 8.94. The molecular weight excluding hydrogens is 456 g/mol. The third kappa shape index (κ3) is 6.42. The second-order valence-electron chi connectivity index (χ2n) is 10.2. The van der Waals surface area contributed by atoms with Gasteiger partial charge in [-0.3, -0.25) is 9.59 Å². The van der Waals surface area contributed by atoms with Crippen LogP contribution in [0, 0.1) is 12.8 Å². The minimum Gasteiger partial charge on any atom is -0.493 e. The molecule has 36 heavy (non-hydrogen) atoms.